The van der Waals surface area contributed by atoms with Crippen LogP contribution in [0.5, 0.6) is 5.75 Å². The molecule has 0 bridgehead atoms. The van der Waals surface area contributed by atoms with Crippen LogP contribution in [-0.2, 0) is 12.2 Å². The molecule has 0 unspecified atom stereocenters. The summed E-state index contributed by atoms with van der Waals surface area (Å²) >= 11 is 0. The molecular formula is C19H24O2. The van der Waals surface area contributed by atoms with E-state index in [1.54, 1.807) is 0 Å². The van der Waals surface area contributed by atoms with Crippen LogP contribution in [0, 0.1) is 6.92 Å². The van der Waals surface area contributed by atoms with Crippen LogP contribution in [0.3, 0.4) is 0 Å². The van der Waals surface area contributed by atoms with Gasteiger partial charge >= 0.3 is 0 Å². The molecule has 0 aliphatic heterocycles. The third kappa shape index (κ3) is 3.64. The van der Waals surface area contributed by atoms with E-state index in [0.29, 0.717) is 19.4 Å². The number of aryl methyl sites for hydroxylation is 1. The maximum Gasteiger partial charge on any atom is 0.120 e. The Morgan fingerprint density at radius 3 is 2.29 bits per heavy atom. The topological polar surface area (TPSA) is 29.5 Å². The third-order valence-corrected chi connectivity index (χ3v) is 4.13. The number of rotatable bonds is 6. The summed E-state index contributed by atoms with van der Waals surface area (Å²) in [6, 6.07) is 16.1. The molecule has 0 saturated carbocycles. The second-order valence-corrected chi connectivity index (χ2v) is 5.49. The zero-order valence-corrected chi connectivity index (χ0v) is 13.1. The van der Waals surface area contributed by atoms with E-state index in [4.69, 9.17) is 4.74 Å². The SMILES string of the molecule is CCC(O)(CC)c1cc(OCc2ccccc2)ccc1C. The van der Waals surface area contributed by atoms with Crippen molar-refractivity contribution in [1.29, 1.82) is 0 Å². The lowest BCUT2D eigenvalue weighted by atomic mass is 9.85. The van der Waals surface area contributed by atoms with Gasteiger partial charge in [-0.3, -0.25) is 0 Å². The first kappa shape index (κ1) is 15.6. The number of aliphatic hydroxyl groups is 1. The molecule has 0 radical (unpaired) electrons. The predicted molar refractivity (Wildman–Crippen MR) is 86.4 cm³/mol. The van der Waals surface area contributed by atoms with Crippen LogP contribution in [-0.4, -0.2) is 5.11 Å². The number of ether oxygens (including phenoxy) is 1. The van der Waals surface area contributed by atoms with Crippen LogP contribution in [0.1, 0.15) is 43.4 Å². The Morgan fingerprint density at radius 1 is 1.00 bits per heavy atom. The highest BCUT2D eigenvalue weighted by Gasteiger charge is 2.26. The minimum Gasteiger partial charge on any atom is -0.489 e. The van der Waals surface area contributed by atoms with Gasteiger partial charge in [0.1, 0.15) is 12.4 Å². The molecule has 2 heteroatoms. The molecule has 0 atom stereocenters. The molecule has 0 aliphatic rings. The smallest absolute Gasteiger partial charge is 0.120 e. The summed E-state index contributed by atoms with van der Waals surface area (Å²) in [4.78, 5) is 0. The van der Waals surface area contributed by atoms with Gasteiger partial charge in [-0.15, -0.1) is 0 Å². The molecule has 1 N–H and O–H groups in total. The van der Waals surface area contributed by atoms with Gasteiger partial charge in [0, 0.05) is 0 Å². The summed E-state index contributed by atoms with van der Waals surface area (Å²) in [5, 5.41) is 10.7. The van der Waals surface area contributed by atoms with Crippen LogP contribution < -0.4 is 4.74 Å². The predicted octanol–water partition coefficient (Wildman–Crippen LogP) is 4.58. The van der Waals surface area contributed by atoms with Gasteiger partial charge in [-0.25, -0.2) is 0 Å². The highest BCUT2D eigenvalue weighted by Crippen LogP contribution is 2.33. The lowest BCUT2D eigenvalue weighted by Crippen LogP contribution is -2.24. The fourth-order valence-electron chi connectivity index (χ4n) is 2.56. The van der Waals surface area contributed by atoms with Crippen molar-refractivity contribution in [2.24, 2.45) is 0 Å². The molecular weight excluding hydrogens is 260 g/mol. The van der Waals surface area contributed by atoms with Crippen molar-refractivity contribution in [3.63, 3.8) is 0 Å². The van der Waals surface area contributed by atoms with E-state index in [9.17, 15) is 5.11 Å². The van der Waals surface area contributed by atoms with Gasteiger partial charge in [-0.2, -0.15) is 0 Å². The summed E-state index contributed by atoms with van der Waals surface area (Å²) in [7, 11) is 0. The van der Waals surface area contributed by atoms with Crippen LogP contribution in [0.25, 0.3) is 0 Å². The molecule has 2 nitrogen and oxygen atoms in total. The van der Waals surface area contributed by atoms with Crippen molar-refractivity contribution < 1.29 is 9.84 Å². The molecule has 0 saturated heterocycles. The Hall–Kier alpha value is -1.80. The van der Waals surface area contributed by atoms with Crippen LogP contribution in [0.2, 0.25) is 0 Å². The highest BCUT2D eigenvalue weighted by atomic mass is 16.5. The molecule has 21 heavy (non-hydrogen) atoms. The summed E-state index contributed by atoms with van der Waals surface area (Å²) in [6.45, 7) is 6.60. The maximum absolute atomic E-state index is 10.7. The second kappa shape index (κ2) is 6.77. The lowest BCUT2D eigenvalue weighted by Gasteiger charge is -2.28. The molecule has 2 rings (SSSR count). The van der Waals surface area contributed by atoms with Gasteiger partial charge in [0.2, 0.25) is 0 Å². The molecule has 2 aromatic carbocycles. The van der Waals surface area contributed by atoms with Crippen molar-refractivity contribution >= 4 is 0 Å². The van der Waals surface area contributed by atoms with Crippen LogP contribution >= 0.6 is 0 Å². The minimum absolute atomic E-state index is 0.542. The summed E-state index contributed by atoms with van der Waals surface area (Å²) < 4.78 is 5.86. The minimum atomic E-state index is -0.768. The Balaban J connectivity index is 2.19. The van der Waals surface area contributed by atoms with E-state index in [1.165, 1.54) is 0 Å². The molecule has 0 aromatic heterocycles. The van der Waals surface area contributed by atoms with E-state index in [1.807, 2.05) is 69.3 Å². The number of benzene rings is 2. The van der Waals surface area contributed by atoms with Crippen LogP contribution in [0.15, 0.2) is 48.5 Å². The van der Waals surface area contributed by atoms with Crippen LogP contribution in [0.4, 0.5) is 0 Å². The molecule has 0 spiro atoms. The van der Waals surface area contributed by atoms with E-state index in [-0.39, 0.29) is 0 Å². The summed E-state index contributed by atoms with van der Waals surface area (Å²) in [5.41, 5.74) is 2.45. The lowest BCUT2D eigenvalue weighted by molar-refractivity contribution is 0.0275. The largest absolute Gasteiger partial charge is 0.489 e. The fraction of sp³-hybridized carbons (Fsp3) is 0.368. The Bertz CT molecular complexity index is 571. The van der Waals surface area contributed by atoms with Gasteiger partial charge < -0.3 is 9.84 Å². The maximum atomic E-state index is 10.7. The molecule has 112 valence electrons. The Kier molecular flexibility index (Phi) is 5.03. The molecule has 0 heterocycles. The average molecular weight is 284 g/mol. The molecule has 2 aromatic rings. The molecule has 0 amide bonds. The normalized spacial score (nSPS) is 11.4. The Morgan fingerprint density at radius 2 is 1.67 bits per heavy atom. The molecule has 0 aliphatic carbocycles. The fourth-order valence-corrected chi connectivity index (χ4v) is 2.56. The van der Waals surface area contributed by atoms with Crippen molar-refractivity contribution in [1.82, 2.24) is 0 Å². The standard InChI is InChI=1S/C19H24O2/c1-4-19(20,5-2)18-13-17(12-11-15(18)3)21-14-16-9-7-6-8-10-16/h6-13,20H,4-5,14H2,1-3H3. The van der Waals surface area contributed by atoms with Crippen molar-refractivity contribution in [3.05, 3.63) is 65.2 Å². The second-order valence-electron chi connectivity index (χ2n) is 5.49. The number of hydrogen-bond acceptors (Lipinski definition) is 2. The van der Waals surface area contributed by atoms with E-state index >= 15 is 0 Å². The zero-order valence-electron chi connectivity index (χ0n) is 13.1. The zero-order chi connectivity index (χ0) is 15.3. The van der Waals surface area contributed by atoms with E-state index in [2.05, 4.69) is 0 Å². The quantitative estimate of drug-likeness (QED) is 0.841. The first-order valence-corrected chi connectivity index (χ1v) is 7.59. The van der Waals surface area contributed by atoms with E-state index in [0.717, 1.165) is 22.4 Å². The van der Waals surface area contributed by atoms with Gasteiger partial charge in [0.05, 0.1) is 5.60 Å². The van der Waals surface area contributed by atoms with Gasteiger partial charge in [0.25, 0.3) is 0 Å². The first-order chi connectivity index (χ1) is 10.1. The highest BCUT2D eigenvalue weighted by molar-refractivity contribution is 5.38. The molecule has 0 fully saturated rings. The Labute approximate surface area is 127 Å². The van der Waals surface area contributed by atoms with Crippen molar-refractivity contribution in [3.8, 4) is 5.75 Å². The third-order valence-electron chi connectivity index (χ3n) is 4.13. The van der Waals surface area contributed by atoms with E-state index < -0.39 is 5.60 Å². The van der Waals surface area contributed by atoms with Gasteiger partial charge in [-0.05, 0) is 48.6 Å². The van der Waals surface area contributed by atoms with Crippen molar-refractivity contribution in [2.75, 3.05) is 0 Å². The first-order valence-electron chi connectivity index (χ1n) is 7.59. The van der Waals surface area contributed by atoms with Crippen molar-refractivity contribution in [2.45, 2.75) is 45.8 Å². The van der Waals surface area contributed by atoms with Gasteiger partial charge in [0.15, 0.2) is 0 Å². The number of hydrogen-bond donors (Lipinski definition) is 1. The summed E-state index contributed by atoms with van der Waals surface area (Å²) in [5.74, 6) is 0.805. The monoisotopic (exact) mass is 284 g/mol. The summed E-state index contributed by atoms with van der Waals surface area (Å²) in [6.07, 6.45) is 1.40. The van der Waals surface area contributed by atoms with Gasteiger partial charge in [-0.1, -0.05) is 50.2 Å². The average Bonchev–Trinajstić information content (AvgIpc) is 2.54.